The number of carbonyl (C=O) groups excluding carboxylic acids is 1. The van der Waals surface area contributed by atoms with Crippen molar-refractivity contribution in [2.45, 2.75) is 39.1 Å². The number of carbonyl (C=O) groups is 1. The highest BCUT2D eigenvalue weighted by Gasteiger charge is 2.22. The van der Waals surface area contributed by atoms with Gasteiger partial charge in [-0.3, -0.25) is 9.48 Å². The van der Waals surface area contributed by atoms with E-state index >= 15 is 0 Å². The lowest BCUT2D eigenvalue weighted by molar-refractivity contribution is 0.102. The average Bonchev–Trinajstić information content (AvgIpc) is 2.82. The monoisotopic (exact) mass is 398 g/mol. The van der Waals surface area contributed by atoms with Crippen molar-refractivity contribution >= 4 is 33.2 Å². The van der Waals surface area contributed by atoms with E-state index in [1.807, 2.05) is 13.8 Å². The van der Waals surface area contributed by atoms with E-state index in [-0.39, 0.29) is 15.6 Å². The molecular formula is C17H23ClN4O3S. The van der Waals surface area contributed by atoms with Gasteiger partial charge in [0, 0.05) is 12.2 Å². The third kappa shape index (κ3) is 4.25. The molecule has 0 bridgehead atoms. The van der Waals surface area contributed by atoms with Crippen molar-refractivity contribution in [3.63, 3.8) is 0 Å². The van der Waals surface area contributed by atoms with E-state index in [4.69, 9.17) is 11.6 Å². The maximum Gasteiger partial charge on any atom is 0.260 e. The highest BCUT2D eigenvalue weighted by molar-refractivity contribution is 7.89. The predicted octanol–water partition coefficient (Wildman–Crippen LogP) is 2.97. The van der Waals surface area contributed by atoms with Crippen LogP contribution >= 0.6 is 11.6 Å². The molecule has 0 atom stereocenters. The fourth-order valence-corrected chi connectivity index (χ4v) is 3.87. The standard InChI is InChI=1S/C17H23ClN4O3S/c1-10(2)9-22-16(18)15(12(4)21-22)17(23)20-13-7-6-11(3)14(8-13)26(24,25)19-5/h6-8,10,19H,9H2,1-5H3,(H,20,23). The van der Waals surface area contributed by atoms with Crippen molar-refractivity contribution in [3.8, 4) is 0 Å². The second-order valence-electron chi connectivity index (χ2n) is 6.47. The number of nitrogens with zero attached hydrogens (tertiary/aromatic N) is 2. The van der Waals surface area contributed by atoms with Gasteiger partial charge in [0.05, 0.1) is 16.2 Å². The molecule has 0 unspecified atom stereocenters. The molecule has 0 saturated heterocycles. The van der Waals surface area contributed by atoms with Crippen LogP contribution in [0.3, 0.4) is 0 Å². The number of sulfonamides is 1. The smallest absolute Gasteiger partial charge is 0.260 e. The summed E-state index contributed by atoms with van der Waals surface area (Å²) in [4.78, 5) is 12.8. The molecule has 7 nitrogen and oxygen atoms in total. The zero-order valence-electron chi connectivity index (χ0n) is 15.4. The first-order valence-corrected chi connectivity index (χ1v) is 10.0. The largest absolute Gasteiger partial charge is 0.322 e. The molecule has 1 heterocycles. The summed E-state index contributed by atoms with van der Waals surface area (Å²) < 4.78 is 28.0. The fraction of sp³-hybridized carbons (Fsp3) is 0.412. The number of anilines is 1. The summed E-state index contributed by atoms with van der Waals surface area (Å²) >= 11 is 6.32. The highest BCUT2D eigenvalue weighted by atomic mass is 35.5. The number of hydrogen-bond acceptors (Lipinski definition) is 4. The van der Waals surface area contributed by atoms with Crippen LogP contribution in [0.4, 0.5) is 5.69 Å². The van der Waals surface area contributed by atoms with Crippen molar-refractivity contribution in [2.75, 3.05) is 12.4 Å². The topological polar surface area (TPSA) is 93.1 Å². The maximum atomic E-state index is 12.7. The zero-order chi connectivity index (χ0) is 19.6. The number of halogens is 1. The van der Waals surface area contributed by atoms with E-state index in [9.17, 15) is 13.2 Å². The quantitative estimate of drug-likeness (QED) is 0.782. The van der Waals surface area contributed by atoms with Crippen LogP contribution in [0, 0.1) is 19.8 Å². The van der Waals surface area contributed by atoms with Gasteiger partial charge in [-0.15, -0.1) is 0 Å². The van der Waals surface area contributed by atoms with Crippen LogP contribution in [0.25, 0.3) is 0 Å². The van der Waals surface area contributed by atoms with Crippen molar-refractivity contribution < 1.29 is 13.2 Å². The van der Waals surface area contributed by atoms with Crippen molar-refractivity contribution in [1.82, 2.24) is 14.5 Å². The summed E-state index contributed by atoms with van der Waals surface area (Å²) in [5.41, 5.74) is 1.74. The van der Waals surface area contributed by atoms with E-state index in [0.717, 1.165) is 0 Å². The summed E-state index contributed by atoms with van der Waals surface area (Å²) in [6.07, 6.45) is 0. The number of hydrogen-bond donors (Lipinski definition) is 2. The Morgan fingerprint density at radius 3 is 2.54 bits per heavy atom. The van der Waals surface area contributed by atoms with E-state index in [2.05, 4.69) is 15.1 Å². The summed E-state index contributed by atoms with van der Waals surface area (Å²) in [6, 6.07) is 4.70. The van der Waals surface area contributed by atoms with Crippen LogP contribution in [0.1, 0.15) is 35.5 Å². The molecule has 0 radical (unpaired) electrons. The number of aromatic nitrogens is 2. The minimum absolute atomic E-state index is 0.108. The zero-order valence-corrected chi connectivity index (χ0v) is 17.0. The third-order valence-electron chi connectivity index (χ3n) is 3.83. The Hall–Kier alpha value is -1.90. The summed E-state index contributed by atoms with van der Waals surface area (Å²) in [7, 11) is -2.28. The number of rotatable bonds is 6. The van der Waals surface area contributed by atoms with Gasteiger partial charge in [0.15, 0.2) is 0 Å². The molecule has 2 rings (SSSR count). The Labute approximate surface area is 158 Å². The van der Waals surface area contributed by atoms with Crippen LogP contribution in [0.2, 0.25) is 5.15 Å². The molecule has 26 heavy (non-hydrogen) atoms. The molecule has 1 aromatic carbocycles. The molecule has 0 aliphatic heterocycles. The van der Waals surface area contributed by atoms with Gasteiger partial charge in [0.1, 0.15) is 5.15 Å². The van der Waals surface area contributed by atoms with Gasteiger partial charge in [0.2, 0.25) is 10.0 Å². The molecule has 1 amide bonds. The first kappa shape index (κ1) is 20.4. The minimum Gasteiger partial charge on any atom is -0.322 e. The highest BCUT2D eigenvalue weighted by Crippen LogP contribution is 2.24. The van der Waals surface area contributed by atoms with Gasteiger partial charge < -0.3 is 5.32 Å². The van der Waals surface area contributed by atoms with Gasteiger partial charge in [0.25, 0.3) is 5.91 Å². The number of nitrogens with one attached hydrogen (secondary N) is 2. The number of aryl methyl sites for hydroxylation is 2. The van der Waals surface area contributed by atoms with Crippen molar-refractivity contribution in [1.29, 1.82) is 0 Å². The second kappa shape index (κ2) is 7.77. The predicted molar refractivity (Wildman–Crippen MR) is 102 cm³/mol. The molecule has 0 aliphatic rings. The molecule has 0 aliphatic carbocycles. The Bertz CT molecular complexity index is 936. The molecule has 2 aromatic rings. The average molecular weight is 399 g/mol. The van der Waals surface area contributed by atoms with E-state index in [1.165, 1.54) is 13.1 Å². The lowest BCUT2D eigenvalue weighted by Crippen LogP contribution is -2.20. The Morgan fingerprint density at radius 1 is 1.31 bits per heavy atom. The van der Waals surface area contributed by atoms with Gasteiger partial charge in [-0.25, -0.2) is 13.1 Å². The minimum atomic E-state index is -3.62. The number of amides is 1. The molecule has 0 spiro atoms. The Kier molecular flexibility index (Phi) is 6.10. The summed E-state index contributed by atoms with van der Waals surface area (Å²) in [6.45, 7) is 8.06. The van der Waals surface area contributed by atoms with Crippen molar-refractivity contribution in [3.05, 3.63) is 40.2 Å². The van der Waals surface area contributed by atoms with Crippen LogP contribution in [-0.4, -0.2) is 31.2 Å². The van der Waals surface area contributed by atoms with Gasteiger partial charge >= 0.3 is 0 Å². The van der Waals surface area contributed by atoms with Gasteiger partial charge in [-0.1, -0.05) is 31.5 Å². The summed E-state index contributed by atoms with van der Waals surface area (Å²) in [5, 5.41) is 7.28. The van der Waals surface area contributed by atoms with E-state index in [0.29, 0.717) is 29.4 Å². The lowest BCUT2D eigenvalue weighted by Gasteiger charge is -2.10. The Balaban J connectivity index is 2.34. The van der Waals surface area contributed by atoms with Crippen LogP contribution in [-0.2, 0) is 16.6 Å². The fourth-order valence-electron chi connectivity index (χ4n) is 2.55. The first-order valence-electron chi connectivity index (χ1n) is 8.15. The number of benzene rings is 1. The molecule has 0 saturated carbocycles. The molecule has 2 N–H and O–H groups in total. The van der Waals surface area contributed by atoms with Crippen LogP contribution < -0.4 is 10.0 Å². The van der Waals surface area contributed by atoms with Crippen LogP contribution in [0.5, 0.6) is 0 Å². The molecular weight excluding hydrogens is 376 g/mol. The summed E-state index contributed by atoms with van der Waals surface area (Å²) in [5.74, 6) is -0.103. The third-order valence-corrected chi connectivity index (χ3v) is 5.78. The van der Waals surface area contributed by atoms with Crippen LogP contribution in [0.15, 0.2) is 23.1 Å². The second-order valence-corrected chi connectivity index (χ2v) is 8.68. The SMILES string of the molecule is CNS(=O)(=O)c1cc(NC(=O)c2c(C)nn(CC(C)C)c2Cl)ccc1C. The van der Waals surface area contributed by atoms with E-state index in [1.54, 1.807) is 30.7 Å². The molecule has 9 heteroatoms. The molecule has 0 fully saturated rings. The van der Waals surface area contributed by atoms with Gasteiger partial charge in [-0.2, -0.15) is 5.10 Å². The maximum absolute atomic E-state index is 12.7. The Morgan fingerprint density at radius 2 is 1.96 bits per heavy atom. The molecule has 142 valence electrons. The normalized spacial score (nSPS) is 11.8. The van der Waals surface area contributed by atoms with Gasteiger partial charge in [-0.05, 0) is 44.5 Å². The lowest BCUT2D eigenvalue weighted by atomic mass is 10.2. The first-order chi connectivity index (χ1) is 12.1. The van der Waals surface area contributed by atoms with Crippen molar-refractivity contribution in [2.24, 2.45) is 5.92 Å². The van der Waals surface area contributed by atoms with E-state index < -0.39 is 15.9 Å². The molecule has 1 aromatic heterocycles.